The Kier molecular flexibility index (Phi) is 7.37. The van der Waals surface area contributed by atoms with Crippen LogP contribution in [0, 0.1) is 6.92 Å². The number of phenols is 1. The molecule has 0 unspecified atom stereocenters. The number of aromatic hydroxyl groups is 1. The van der Waals surface area contributed by atoms with Gasteiger partial charge in [-0.3, -0.25) is 9.35 Å². The predicted octanol–water partition coefficient (Wildman–Crippen LogP) is 7.08. The van der Waals surface area contributed by atoms with E-state index in [0.717, 1.165) is 6.07 Å². The van der Waals surface area contributed by atoms with Gasteiger partial charge in [-0.1, -0.05) is 53.5 Å². The van der Waals surface area contributed by atoms with E-state index in [-0.39, 0.29) is 44.0 Å². The number of methoxy groups -OCH3 is 1. The number of phenolic OH excluding ortho intramolecular Hbond substituents is 1. The van der Waals surface area contributed by atoms with E-state index in [0.29, 0.717) is 10.8 Å². The molecular formula is C25H19Cl2N3O6S. The number of hydrogen-bond acceptors (Lipinski definition) is 7. The lowest BCUT2D eigenvalue weighted by atomic mass is 10.0. The summed E-state index contributed by atoms with van der Waals surface area (Å²) in [4.78, 5) is 12.7. The first-order chi connectivity index (χ1) is 17.5. The zero-order valence-corrected chi connectivity index (χ0v) is 21.7. The second-order valence-electron chi connectivity index (χ2n) is 7.81. The van der Waals surface area contributed by atoms with E-state index in [4.69, 9.17) is 27.9 Å². The van der Waals surface area contributed by atoms with E-state index in [1.807, 2.05) is 0 Å². The number of carbonyl (C=O) groups is 1. The predicted molar refractivity (Wildman–Crippen MR) is 142 cm³/mol. The number of nitrogens with one attached hydrogen (secondary N) is 1. The lowest BCUT2D eigenvalue weighted by Crippen LogP contribution is -2.13. The number of fused-ring (bicyclic) bond motifs is 1. The molecule has 4 aromatic rings. The van der Waals surface area contributed by atoms with Crippen molar-refractivity contribution in [3.63, 3.8) is 0 Å². The molecule has 4 rings (SSSR count). The standard InChI is InChI=1S/C25H19Cl2N3O6S/c1-13-17(26)10-11-20(37(33,34)35)21(13)29-30-22-15-7-4-3-6-14(15)12-16(23(22)31)25(32)28-19-9-5-8-18(27)24(19)36-2/h3-12,31H,1-2H3,(H,28,32)(H,33,34,35). The molecule has 0 aromatic heterocycles. The van der Waals surface area contributed by atoms with Crippen molar-refractivity contribution in [2.24, 2.45) is 10.2 Å². The number of rotatable bonds is 6. The molecule has 0 heterocycles. The van der Waals surface area contributed by atoms with Crippen LogP contribution in [0.3, 0.4) is 0 Å². The summed E-state index contributed by atoms with van der Waals surface area (Å²) in [5, 5.41) is 23.3. The Labute approximate surface area is 222 Å². The molecule has 9 nitrogen and oxygen atoms in total. The SMILES string of the molecule is COc1c(Cl)cccc1NC(=O)c1cc2ccccc2c(N=Nc2c(S(=O)(=O)O)ccc(Cl)c2C)c1O. The third-order valence-electron chi connectivity index (χ3n) is 5.51. The number of benzene rings is 4. The minimum Gasteiger partial charge on any atom is -0.505 e. The summed E-state index contributed by atoms with van der Waals surface area (Å²) in [6.45, 7) is 1.51. The van der Waals surface area contributed by atoms with Gasteiger partial charge in [0.1, 0.15) is 16.3 Å². The highest BCUT2D eigenvalue weighted by atomic mass is 35.5. The van der Waals surface area contributed by atoms with E-state index in [1.54, 1.807) is 42.5 Å². The molecular weight excluding hydrogens is 541 g/mol. The first-order valence-electron chi connectivity index (χ1n) is 10.6. The fourth-order valence-electron chi connectivity index (χ4n) is 3.68. The van der Waals surface area contributed by atoms with Gasteiger partial charge in [-0.2, -0.15) is 8.42 Å². The van der Waals surface area contributed by atoms with E-state index in [2.05, 4.69) is 15.5 Å². The first kappa shape index (κ1) is 26.4. The van der Waals surface area contributed by atoms with E-state index >= 15 is 0 Å². The first-order valence-corrected chi connectivity index (χ1v) is 12.8. The molecule has 37 heavy (non-hydrogen) atoms. The lowest BCUT2D eigenvalue weighted by molar-refractivity contribution is 0.102. The molecule has 12 heteroatoms. The molecule has 0 aliphatic heterocycles. The van der Waals surface area contributed by atoms with Gasteiger partial charge in [0.05, 0.1) is 23.4 Å². The topological polar surface area (TPSA) is 138 Å². The molecule has 0 fully saturated rings. The smallest absolute Gasteiger partial charge is 0.296 e. The number of anilines is 1. The third-order valence-corrected chi connectivity index (χ3v) is 7.11. The van der Waals surface area contributed by atoms with Crippen molar-refractivity contribution < 1.29 is 27.6 Å². The molecule has 0 saturated heterocycles. The summed E-state index contributed by atoms with van der Waals surface area (Å²) in [6.07, 6.45) is 0. The molecule has 0 atom stereocenters. The average molecular weight is 560 g/mol. The number of ether oxygens (including phenoxy) is 1. The van der Waals surface area contributed by atoms with Crippen LogP contribution in [0.2, 0.25) is 10.0 Å². The fraction of sp³-hybridized carbons (Fsp3) is 0.0800. The summed E-state index contributed by atoms with van der Waals surface area (Å²) >= 11 is 12.3. The zero-order valence-electron chi connectivity index (χ0n) is 19.4. The summed E-state index contributed by atoms with van der Waals surface area (Å²) in [5.74, 6) is -0.946. The zero-order chi connectivity index (χ0) is 26.9. The molecule has 0 bridgehead atoms. The average Bonchev–Trinajstić information content (AvgIpc) is 2.84. The normalized spacial score (nSPS) is 11.7. The van der Waals surface area contributed by atoms with Crippen molar-refractivity contribution in [1.29, 1.82) is 0 Å². The number of halogens is 2. The minimum atomic E-state index is -4.66. The Bertz CT molecular complexity index is 1690. The van der Waals surface area contributed by atoms with Crippen LogP contribution < -0.4 is 10.1 Å². The highest BCUT2D eigenvalue weighted by molar-refractivity contribution is 7.86. The van der Waals surface area contributed by atoms with Gasteiger partial charge < -0.3 is 15.2 Å². The van der Waals surface area contributed by atoms with Crippen molar-refractivity contribution >= 4 is 67.1 Å². The summed E-state index contributed by atoms with van der Waals surface area (Å²) in [5.41, 5.74) is 0.0841. The van der Waals surface area contributed by atoms with Crippen LogP contribution in [-0.4, -0.2) is 31.1 Å². The van der Waals surface area contributed by atoms with Crippen molar-refractivity contribution in [2.45, 2.75) is 11.8 Å². The Hall–Kier alpha value is -3.70. The van der Waals surface area contributed by atoms with Crippen molar-refractivity contribution in [3.8, 4) is 11.5 Å². The number of para-hydroxylation sites is 1. The summed E-state index contributed by atoms with van der Waals surface area (Å²) < 4.78 is 38.7. The number of nitrogens with zero attached hydrogens (tertiary/aromatic N) is 2. The van der Waals surface area contributed by atoms with Crippen LogP contribution in [0.5, 0.6) is 11.5 Å². The molecule has 0 aliphatic carbocycles. The monoisotopic (exact) mass is 559 g/mol. The number of amides is 1. The molecule has 3 N–H and O–H groups in total. The van der Waals surface area contributed by atoms with Crippen molar-refractivity contribution in [2.75, 3.05) is 12.4 Å². The number of carbonyl (C=O) groups excluding carboxylic acids is 1. The van der Waals surface area contributed by atoms with Gasteiger partial charge in [0.2, 0.25) is 0 Å². The van der Waals surface area contributed by atoms with E-state index in [9.17, 15) is 22.9 Å². The molecule has 0 radical (unpaired) electrons. The number of azo groups is 1. The Morgan fingerprint density at radius 2 is 1.68 bits per heavy atom. The van der Waals surface area contributed by atoms with Crippen LogP contribution in [0.15, 0.2) is 75.8 Å². The van der Waals surface area contributed by atoms with Gasteiger partial charge in [-0.15, -0.1) is 10.2 Å². The highest BCUT2D eigenvalue weighted by Gasteiger charge is 2.22. The molecule has 1 amide bonds. The summed E-state index contributed by atoms with van der Waals surface area (Å²) in [7, 11) is -3.25. The Balaban J connectivity index is 1.87. The second kappa shape index (κ2) is 10.3. The van der Waals surface area contributed by atoms with Crippen molar-refractivity contribution in [1.82, 2.24) is 0 Å². The van der Waals surface area contributed by atoms with E-state index < -0.39 is 26.7 Å². The maximum Gasteiger partial charge on any atom is 0.296 e. The van der Waals surface area contributed by atoms with Gasteiger partial charge in [-0.25, -0.2) is 0 Å². The van der Waals surface area contributed by atoms with Crippen LogP contribution >= 0.6 is 23.2 Å². The van der Waals surface area contributed by atoms with E-state index in [1.165, 1.54) is 26.2 Å². The van der Waals surface area contributed by atoms with Crippen molar-refractivity contribution in [3.05, 3.63) is 81.8 Å². The fourth-order valence-corrected chi connectivity index (χ4v) is 4.76. The van der Waals surface area contributed by atoms with Crippen LogP contribution in [0.25, 0.3) is 10.8 Å². The van der Waals surface area contributed by atoms with Gasteiger partial charge in [0.15, 0.2) is 11.5 Å². The minimum absolute atomic E-state index is 0.0954. The van der Waals surface area contributed by atoms with Crippen LogP contribution in [0.1, 0.15) is 15.9 Å². The molecule has 0 spiro atoms. The lowest BCUT2D eigenvalue weighted by Gasteiger charge is -2.14. The highest BCUT2D eigenvalue weighted by Crippen LogP contribution is 2.42. The summed E-state index contributed by atoms with van der Waals surface area (Å²) in [6, 6.07) is 15.5. The maximum atomic E-state index is 13.2. The Morgan fingerprint density at radius 1 is 0.973 bits per heavy atom. The van der Waals surface area contributed by atoms with Gasteiger partial charge in [0.25, 0.3) is 16.0 Å². The Morgan fingerprint density at radius 3 is 2.38 bits per heavy atom. The molecule has 4 aromatic carbocycles. The van der Waals surface area contributed by atoms with Gasteiger partial charge in [0, 0.05) is 10.4 Å². The second-order valence-corrected chi connectivity index (χ2v) is 10.0. The quantitative estimate of drug-likeness (QED) is 0.170. The molecule has 0 aliphatic rings. The van der Waals surface area contributed by atoms with Gasteiger partial charge in [-0.05, 0) is 48.2 Å². The largest absolute Gasteiger partial charge is 0.505 e. The van der Waals surface area contributed by atoms with Crippen LogP contribution in [0.4, 0.5) is 17.1 Å². The van der Waals surface area contributed by atoms with Crippen LogP contribution in [-0.2, 0) is 10.1 Å². The van der Waals surface area contributed by atoms with Gasteiger partial charge >= 0.3 is 0 Å². The third kappa shape index (κ3) is 5.23. The molecule has 0 saturated carbocycles. The maximum absolute atomic E-state index is 13.2. The molecule has 190 valence electrons. The number of hydrogen-bond donors (Lipinski definition) is 3.